The third-order valence-electron chi connectivity index (χ3n) is 3.55. The van der Waals surface area contributed by atoms with Gasteiger partial charge in [-0.05, 0) is 43.5 Å². The first kappa shape index (κ1) is 12.8. The Balaban J connectivity index is 2.00. The van der Waals surface area contributed by atoms with Crippen LogP contribution in [-0.4, -0.2) is 22.5 Å². The fourth-order valence-electron chi connectivity index (χ4n) is 2.70. The van der Waals surface area contributed by atoms with Gasteiger partial charge in [0.15, 0.2) is 0 Å². The average molecular weight is 253 g/mol. The first-order valence-corrected chi connectivity index (χ1v) is 7.02. The van der Waals surface area contributed by atoms with Crippen molar-refractivity contribution in [3.63, 3.8) is 0 Å². The summed E-state index contributed by atoms with van der Waals surface area (Å²) in [5.41, 5.74) is 1.29. The molecule has 94 valence electrons. The number of piperidine rings is 1. The number of hydrogen-bond donors (Lipinski definition) is 0. The third kappa shape index (κ3) is 3.68. The number of pyridine rings is 1. The van der Waals surface area contributed by atoms with Crippen molar-refractivity contribution < 1.29 is 0 Å². The molecule has 1 aromatic rings. The van der Waals surface area contributed by atoms with Gasteiger partial charge in [0, 0.05) is 18.8 Å². The topological polar surface area (TPSA) is 16.1 Å². The van der Waals surface area contributed by atoms with E-state index in [1.54, 1.807) is 6.20 Å². The van der Waals surface area contributed by atoms with E-state index in [2.05, 4.69) is 22.9 Å². The summed E-state index contributed by atoms with van der Waals surface area (Å²) in [6.45, 7) is 4.52. The molecule has 0 aromatic carbocycles. The van der Waals surface area contributed by atoms with Crippen LogP contribution < -0.4 is 0 Å². The number of aromatic nitrogens is 1. The second-order valence-electron chi connectivity index (χ2n) is 4.90. The lowest BCUT2D eigenvalue weighted by molar-refractivity contribution is 0.131. The van der Waals surface area contributed by atoms with Gasteiger partial charge in [0.05, 0.1) is 0 Å². The van der Waals surface area contributed by atoms with Crippen molar-refractivity contribution in [1.29, 1.82) is 0 Å². The van der Waals surface area contributed by atoms with Crippen LogP contribution in [0.5, 0.6) is 0 Å². The van der Waals surface area contributed by atoms with Crippen LogP contribution in [0.15, 0.2) is 18.3 Å². The molecule has 1 aromatic heterocycles. The maximum absolute atomic E-state index is 5.93. The highest BCUT2D eigenvalue weighted by molar-refractivity contribution is 6.29. The largest absolute Gasteiger partial charge is 0.296 e. The Bertz CT molecular complexity index is 352. The zero-order valence-corrected chi connectivity index (χ0v) is 11.3. The standard InChI is InChI=1S/C14H21ClN2/c1-2-5-13-6-3-4-9-17(13)11-12-7-8-16-14(15)10-12/h7-8,10,13H,2-6,9,11H2,1H3. The van der Waals surface area contributed by atoms with Crippen LogP contribution in [0.4, 0.5) is 0 Å². The van der Waals surface area contributed by atoms with Gasteiger partial charge in [0.25, 0.3) is 0 Å². The molecule has 0 saturated carbocycles. The number of likely N-dealkylation sites (tertiary alicyclic amines) is 1. The summed E-state index contributed by atoms with van der Waals surface area (Å²) in [6.07, 6.45) is 8.47. The average Bonchev–Trinajstić information content (AvgIpc) is 2.32. The summed E-state index contributed by atoms with van der Waals surface area (Å²) in [5.74, 6) is 0. The van der Waals surface area contributed by atoms with Gasteiger partial charge in [-0.1, -0.05) is 31.4 Å². The van der Waals surface area contributed by atoms with Crippen molar-refractivity contribution in [2.24, 2.45) is 0 Å². The highest BCUT2D eigenvalue weighted by atomic mass is 35.5. The number of hydrogen-bond acceptors (Lipinski definition) is 2. The number of halogens is 1. The summed E-state index contributed by atoms with van der Waals surface area (Å²) in [7, 11) is 0. The predicted octanol–water partition coefficient (Wildman–Crippen LogP) is 3.89. The van der Waals surface area contributed by atoms with Crippen LogP contribution in [0.3, 0.4) is 0 Å². The predicted molar refractivity (Wildman–Crippen MR) is 72.2 cm³/mol. The van der Waals surface area contributed by atoms with E-state index in [1.807, 2.05) is 6.07 Å². The second kappa shape index (κ2) is 6.36. The normalized spacial score (nSPS) is 21.6. The minimum atomic E-state index is 0.603. The highest BCUT2D eigenvalue weighted by Crippen LogP contribution is 2.23. The Hall–Kier alpha value is -0.600. The molecule has 2 heterocycles. The summed E-state index contributed by atoms with van der Waals surface area (Å²) < 4.78 is 0. The van der Waals surface area contributed by atoms with E-state index in [4.69, 9.17) is 11.6 Å². The lowest BCUT2D eigenvalue weighted by Crippen LogP contribution is -2.38. The Kier molecular flexibility index (Phi) is 4.81. The maximum Gasteiger partial charge on any atom is 0.129 e. The monoisotopic (exact) mass is 252 g/mol. The van der Waals surface area contributed by atoms with Crippen molar-refractivity contribution >= 4 is 11.6 Å². The molecule has 1 aliphatic heterocycles. The SMILES string of the molecule is CCCC1CCCCN1Cc1ccnc(Cl)c1. The van der Waals surface area contributed by atoms with E-state index in [0.717, 1.165) is 12.6 Å². The van der Waals surface area contributed by atoms with Gasteiger partial charge in [-0.3, -0.25) is 4.90 Å². The van der Waals surface area contributed by atoms with Gasteiger partial charge >= 0.3 is 0 Å². The van der Waals surface area contributed by atoms with Crippen molar-refractivity contribution in [3.05, 3.63) is 29.0 Å². The smallest absolute Gasteiger partial charge is 0.129 e. The minimum absolute atomic E-state index is 0.603. The van der Waals surface area contributed by atoms with Gasteiger partial charge < -0.3 is 0 Å². The van der Waals surface area contributed by atoms with Crippen LogP contribution in [0, 0.1) is 0 Å². The fourth-order valence-corrected chi connectivity index (χ4v) is 2.90. The van der Waals surface area contributed by atoms with Crippen molar-refractivity contribution in [1.82, 2.24) is 9.88 Å². The number of nitrogens with zero attached hydrogens (tertiary/aromatic N) is 2. The second-order valence-corrected chi connectivity index (χ2v) is 5.28. The van der Waals surface area contributed by atoms with Crippen LogP contribution in [0.1, 0.15) is 44.6 Å². The van der Waals surface area contributed by atoms with Gasteiger partial charge in [0.1, 0.15) is 5.15 Å². The molecule has 1 aliphatic rings. The van der Waals surface area contributed by atoms with Crippen molar-refractivity contribution in [2.45, 2.75) is 51.6 Å². The molecular formula is C14H21ClN2. The van der Waals surface area contributed by atoms with Crippen LogP contribution >= 0.6 is 11.6 Å². The molecule has 0 spiro atoms. The Labute approximate surface area is 109 Å². The van der Waals surface area contributed by atoms with Crippen molar-refractivity contribution in [2.75, 3.05) is 6.54 Å². The molecule has 0 radical (unpaired) electrons. The van der Waals surface area contributed by atoms with Gasteiger partial charge in [-0.15, -0.1) is 0 Å². The minimum Gasteiger partial charge on any atom is -0.296 e. The van der Waals surface area contributed by atoms with E-state index >= 15 is 0 Å². The molecule has 0 bridgehead atoms. The quantitative estimate of drug-likeness (QED) is 0.756. The van der Waals surface area contributed by atoms with E-state index in [-0.39, 0.29) is 0 Å². The first-order chi connectivity index (χ1) is 8.29. The van der Waals surface area contributed by atoms with Crippen LogP contribution in [0.2, 0.25) is 5.15 Å². The molecule has 1 atom stereocenters. The van der Waals surface area contributed by atoms with Gasteiger partial charge in [-0.2, -0.15) is 0 Å². The summed E-state index contributed by atoms with van der Waals surface area (Å²) >= 11 is 5.93. The Morgan fingerprint density at radius 3 is 3.12 bits per heavy atom. The van der Waals surface area contributed by atoms with Crippen LogP contribution in [-0.2, 0) is 6.54 Å². The highest BCUT2D eigenvalue weighted by Gasteiger charge is 2.21. The van der Waals surface area contributed by atoms with Gasteiger partial charge in [-0.25, -0.2) is 4.98 Å². The zero-order valence-electron chi connectivity index (χ0n) is 10.5. The lowest BCUT2D eigenvalue weighted by atomic mass is 9.97. The molecule has 1 saturated heterocycles. The third-order valence-corrected chi connectivity index (χ3v) is 3.75. The molecule has 2 nitrogen and oxygen atoms in total. The van der Waals surface area contributed by atoms with E-state index < -0.39 is 0 Å². The molecule has 0 N–H and O–H groups in total. The lowest BCUT2D eigenvalue weighted by Gasteiger charge is -2.35. The molecule has 1 fully saturated rings. The first-order valence-electron chi connectivity index (χ1n) is 6.64. The molecule has 3 heteroatoms. The Morgan fingerprint density at radius 2 is 2.35 bits per heavy atom. The van der Waals surface area contributed by atoms with E-state index in [1.165, 1.54) is 44.2 Å². The molecular weight excluding hydrogens is 232 g/mol. The Morgan fingerprint density at radius 1 is 1.47 bits per heavy atom. The zero-order chi connectivity index (χ0) is 12.1. The summed E-state index contributed by atoms with van der Waals surface area (Å²) in [5, 5.41) is 0.603. The van der Waals surface area contributed by atoms with Gasteiger partial charge in [0.2, 0.25) is 0 Å². The number of rotatable bonds is 4. The van der Waals surface area contributed by atoms with Crippen LogP contribution in [0.25, 0.3) is 0 Å². The molecule has 0 amide bonds. The molecule has 17 heavy (non-hydrogen) atoms. The molecule has 2 rings (SSSR count). The van der Waals surface area contributed by atoms with E-state index in [9.17, 15) is 0 Å². The summed E-state index contributed by atoms with van der Waals surface area (Å²) in [4.78, 5) is 6.64. The summed E-state index contributed by atoms with van der Waals surface area (Å²) in [6, 6.07) is 4.82. The molecule has 0 aliphatic carbocycles. The maximum atomic E-state index is 5.93. The fraction of sp³-hybridized carbons (Fsp3) is 0.643. The van der Waals surface area contributed by atoms with E-state index in [0.29, 0.717) is 5.15 Å². The van der Waals surface area contributed by atoms with Crippen molar-refractivity contribution in [3.8, 4) is 0 Å². The molecule has 1 unspecified atom stereocenters.